The van der Waals surface area contributed by atoms with Crippen LogP contribution < -0.4 is 10.2 Å². The second-order valence-electron chi connectivity index (χ2n) is 10.5. The van der Waals surface area contributed by atoms with Crippen LogP contribution in [0.5, 0.6) is 0 Å². The Kier molecular flexibility index (Phi) is 6.25. The van der Waals surface area contributed by atoms with Crippen LogP contribution in [-0.2, 0) is 20.7 Å². The second-order valence-corrected chi connectivity index (χ2v) is 10.5. The lowest BCUT2D eigenvalue weighted by Gasteiger charge is -2.24. The van der Waals surface area contributed by atoms with Crippen molar-refractivity contribution in [2.24, 2.45) is 0 Å². The number of anilines is 1. The molecule has 0 saturated carbocycles. The third-order valence-corrected chi connectivity index (χ3v) is 6.57. The van der Waals surface area contributed by atoms with Gasteiger partial charge in [0.25, 0.3) is 5.91 Å². The summed E-state index contributed by atoms with van der Waals surface area (Å²) in [6.45, 7) is 5.42. The number of ketones is 1. The summed E-state index contributed by atoms with van der Waals surface area (Å²) >= 11 is 0. The van der Waals surface area contributed by atoms with Crippen molar-refractivity contribution in [2.45, 2.75) is 45.2 Å². The molecule has 0 spiro atoms. The van der Waals surface area contributed by atoms with E-state index in [0.29, 0.717) is 11.3 Å². The summed E-state index contributed by atoms with van der Waals surface area (Å²) < 4.78 is 5.26. The van der Waals surface area contributed by atoms with Crippen molar-refractivity contribution in [3.8, 4) is 11.1 Å². The largest absolute Gasteiger partial charge is 0.454 e. The van der Waals surface area contributed by atoms with Crippen molar-refractivity contribution in [3.63, 3.8) is 0 Å². The smallest absolute Gasteiger partial charge is 0.338 e. The van der Waals surface area contributed by atoms with Gasteiger partial charge in [-0.3, -0.25) is 14.4 Å². The van der Waals surface area contributed by atoms with Gasteiger partial charge in [-0.05, 0) is 79.8 Å². The molecule has 1 unspecified atom stereocenters. The molecule has 37 heavy (non-hydrogen) atoms. The SMILES string of the molecule is CC(C)(C)NC1CC(=O)N(c2ccc(C(=O)OCC(=O)c3ccc4c(c3)Cc3ccccc3-4)cc2)C1=O. The van der Waals surface area contributed by atoms with Crippen LogP contribution in [0.3, 0.4) is 0 Å². The van der Waals surface area contributed by atoms with Crippen LogP contribution in [-0.4, -0.2) is 41.8 Å². The number of nitrogens with zero attached hydrogens (tertiary/aromatic N) is 1. The fraction of sp³-hybridized carbons (Fsp3) is 0.267. The lowest BCUT2D eigenvalue weighted by molar-refractivity contribution is -0.121. The molecular weight excluding hydrogens is 468 g/mol. The highest BCUT2D eigenvalue weighted by atomic mass is 16.5. The molecule has 1 atom stereocenters. The molecule has 0 radical (unpaired) electrons. The fourth-order valence-electron chi connectivity index (χ4n) is 4.90. The molecule has 1 aliphatic heterocycles. The molecule has 0 aromatic heterocycles. The van der Waals surface area contributed by atoms with E-state index >= 15 is 0 Å². The third kappa shape index (κ3) is 4.95. The number of esters is 1. The first kappa shape index (κ1) is 24.6. The topological polar surface area (TPSA) is 92.8 Å². The van der Waals surface area contributed by atoms with Gasteiger partial charge in [-0.15, -0.1) is 0 Å². The standard InChI is InChI=1S/C30H28N2O5/c1-30(2,3)31-25-16-27(34)32(28(25)35)22-11-8-18(9-12-22)29(36)37-17-26(33)20-10-13-24-21(15-20)14-19-6-4-5-7-23(19)24/h4-13,15,25,31H,14,16-17H2,1-3H3. The highest BCUT2D eigenvalue weighted by Gasteiger charge is 2.40. The first-order valence-corrected chi connectivity index (χ1v) is 12.3. The van der Waals surface area contributed by atoms with Crippen LogP contribution in [0, 0.1) is 0 Å². The maximum atomic E-state index is 12.8. The molecule has 2 amide bonds. The molecule has 3 aromatic carbocycles. The van der Waals surface area contributed by atoms with Crippen LogP contribution in [0.2, 0.25) is 0 Å². The van der Waals surface area contributed by atoms with E-state index in [4.69, 9.17) is 4.74 Å². The first-order chi connectivity index (χ1) is 17.6. The second kappa shape index (κ2) is 9.41. The van der Waals surface area contributed by atoms with E-state index in [9.17, 15) is 19.2 Å². The molecule has 1 aliphatic carbocycles. The molecule has 3 aromatic rings. The summed E-state index contributed by atoms with van der Waals surface area (Å²) in [6.07, 6.45) is 0.852. The number of hydrogen-bond donors (Lipinski definition) is 1. The van der Waals surface area contributed by atoms with Gasteiger partial charge in [0.1, 0.15) is 0 Å². The number of imide groups is 1. The Hall–Kier alpha value is -4.10. The van der Waals surface area contributed by atoms with Crippen LogP contribution in [0.15, 0.2) is 66.7 Å². The van der Waals surface area contributed by atoms with Gasteiger partial charge in [-0.1, -0.05) is 36.4 Å². The minimum absolute atomic E-state index is 0.0801. The predicted molar refractivity (Wildman–Crippen MR) is 140 cm³/mol. The summed E-state index contributed by atoms with van der Waals surface area (Å²) in [7, 11) is 0. The minimum atomic E-state index is -0.653. The number of hydrogen-bond acceptors (Lipinski definition) is 6. The van der Waals surface area contributed by atoms with E-state index in [2.05, 4.69) is 17.4 Å². The van der Waals surface area contributed by atoms with Crippen molar-refractivity contribution in [1.29, 1.82) is 0 Å². The van der Waals surface area contributed by atoms with Crippen molar-refractivity contribution in [1.82, 2.24) is 5.32 Å². The van der Waals surface area contributed by atoms with Crippen molar-refractivity contribution < 1.29 is 23.9 Å². The van der Waals surface area contributed by atoms with Gasteiger partial charge in [0.15, 0.2) is 12.4 Å². The minimum Gasteiger partial charge on any atom is -0.454 e. The molecular formula is C30H28N2O5. The average Bonchev–Trinajstić information content (AvgIpc) is 3.37. The molecule has 0 bridgehead atoms. The summed E-state index contributed by atoms with van der Waals surface area (Å²) in [5, 5.41) is 3.17. The number of benzene rings is 3. The number of Topliss-reactive ketones (excluding diaryl/α,β-unsaturated/α-hetero) is 1. The zero-order valence-corrected chi connectivity index (χ0v) is 21.0. The van der Waals surface area contributed by atoms with Gasteiger partial charge in [-0.2, -0.15) is 0 Å². The molecule has 5 rings (SSSR count). The van der Waals surface area contributed by atoms with E-state index in [1.54, 1.807) is 6.07 Å². The molecule has 7 nitrogen and oxygen atoms in total. The Labute approximate surface area is 215 Å². The Bertz CT molecular complexity index is 1420. The number of nitrogens with one attached hydrogen (secondary N) is 1. The van der Waals surface area contributed by atoms with E-state index in [-0.39, 0.29) is 41.7 Å². The van der Waals surface area contributed by atoms with E-state index in [0.717, 1.165) is 22.4 Å². The molecule has 1 saturated heterocycles. The van der Waals surface area contributed by atoms with Crippen LogP contribution in [0.4, 0.5) is 5.69 Å². The average molecular weight is 497 g/mol. The number of carbonyl (C=O) groups excluding carboxylic acids is 4. The Morgan fingerprint density at radius 1 is 0.919 bits per heavy atom. The first-order valence-electron chi connectivity index (χ1n) is 12.3. The summed E-state index contributed by atoms with van der Waals surface area (Å²) in [4.78, 5) is 51.7. The molecule has 2 aliphatic rings. The molecule has 1 fully saturated rings. The Balaban J connectivity index is 1.20. The summed E-state index contributed by atoms with van der Waals surface area (Å²) in [6, 6.07) is 19.2. The number of amides is 2. The molecule has 188 valence electrons. The number of ether oxygens (including phenoxy) is 1. The molecule has 7 heteroatoms. The van der Waals surface area contributed by atoms with Crippen LogP contribution >= 0.6 is 0 Å². The summed E-state index contributed by atoms with van der Waals surface area (Å²) in [5.74, 6) is -1.56. The maximum absolute atomic E-state index is 12.8. The zero-order valence-electron chi connectivity index (χ0n) is 21.0. The van der Waals surface area contributed by atoms with Crippen LogP contribution in [0.1, 0.15) is 59.0 Å². The lowest BCUT2D eigenvalue weighted by Crippen LogP contribution is -2.47. The van der Waals surface area contributed by atoms with Gasteiger partial charge in [0.05, 0.1) is 23.7 Å². The zero-order chi connectivity index (χ0) is 26.3. The Morgan fingerprint density at radius 2 is 1.59 bits per heavy atom. The summed E-state index contributed by atoms with van der Waals surface area (Å²) in [5.41, 5.74) is 5.43. The van der Waals surface area contributed by atoms with E-state index in [1.165, 1.54) is 35.4 Å². The quantitative estimate of drug-likeness (QED) is 0.243. The fourth-order valence-corrected chi connectivity index (χ4v) is 4.90. The van der Waals surface area contributed by atoms with Gasteiger partial charge in [-0.25, -0.2) is 9.69 Å². The van der Waals surface area contributed by atoms with E-state index in [1.807, 2.05) is 45.0 Å². The van der Waals surface area contributed by atoms with Gasteiger partial charge < -0.3 is 10.1 Å². The molecule has 1 heterocycles. The van der Waals surface area contributed by atoms with Crippen molar-refractivity contribution in [2.75, 3.05) is 11.5 Å². The Morgan fingerprint density at radius 3 is 2.32 bits per heavy atom. The highest BCUT2D eigenvalue weighted by Crippen LogP contribution is 2.36. The normalized spacial score (nSPS) is 16.5. The number of fused-ring (bicyclic) bond motifs is 3. The molecule has 1 N–H and O–H groups in total. The van der Waals surface area contributed by atoms with Crippen molar-refractivity contribution in [3.05, 3.63) is 89.0 Å². The number of rotatable bonds is 6. The van der Waals surface area contributed by atoms with E-state index < -0.39 is 12.0 Å². The monoisotopic (exact) mass is 496 g/mol. The predicted octanol–water partition coefficient (Wildman–Crippen LogP) is 4.32. The third-order valence-electron chi connectivity index (χ3n) is 6.57. The van der Waals surface area contributed by atoms with Gasteiger partial charge >= 0.3 is 5.97 Å². The number of carbonyl (C=O) groups is 4. The van der Waals surface area contributed by atoms with Gasteiger partial charge in [0.2, 0.25) is 5.91 Å². The van der Waals surface area contributed by atoms with Crippen molar-refractivity contribution >= 4 is 29.3 Å². The highest BCUT2D eigenvalue weighted by molar-refractivity contribution is 6.22. The van der Waals surface area contributed by atoms with Gasteiger partial charge in [0, 0.05) is 11.1 Å². The maximum Gasteiger partial charge on any atom is 0.338 e. The lowest BCUT2D eigenvalue weighted by atomic mass is 10.0. The van der Waals surface area contributed by atoms with Crippen LogP contribution in [0.25, 0.3) is 11.1 Å².